The van der Waals surface area contributed by atoms with Crippen LogP contribution in [0, 0.1) is 13.8 Å². The van der Waals surface area contributed by atoms with Gasteiger partial charge in [0.15, 0.2) is 5.75 Å². The van der Waals surface area contributed by atoms with Gasteiger partial charge in [0.2, 0.25) is 5.88 Å². The van der Waals surface area contributed by atoms with Crippen LogP contribution < -0.4 is 10.1 Å². The van der Waals surface area contributed by atoms with E-state index in [-0.39, 0.29) is 0 Å². The Labute approximate surface area is 112 Å². The summed E-state index contributed by atoms with van der Waals surface area (Å²) in [5, 5.41) is 3.41. The van der Waals surface area contributed by atoms with Gasteiger partial charge < -0.3 is 10.1 Å². The highest BCUT2D eigenvalue weighted by molar-refractivity contribution is 5.64. The molecular formula is C15H17N3O. The second-order valence-corrected chi connectivity index (χ2v) is 4.82. The second kappa shape index (κ2) is 4.88. The van der Waals surface area contributed by atoms with Crippen molar-refractivity contribution in [2.75, 3.05) is 11.9 Å². The lowest BCUT2D eigenvalue weighted by Crippen LogP contribution is -2.12. The van der Waals surface area contributed by atoms with Crippen LogP contribution in [0.4, 0.5) is 5.69 Å². The van der Waals surface area contributed by atoms with Crippen LogP contribution in [-0.2, 0) is 6.42 Å². The van der Waals surface area contributed by atoms with Gasteiger partial charge in [0.05, 0.1) is 17.1 Å². The Balaban J connectivity index is 1.97. The van der Waals surface area contributed by atoms with E-state index in [1.807, 2.05) is 26.0 Å². The zero-order chi connectivity index (χ0) is 13.2. The van der Waals surface area contributed by atoms with Crippen LogP contribution in [0.25, 0.3) is 0 Å². The number of fused-ring (bicyclic) bond motifs is 1. The normalized spacial score (nSPS) is 13.6. The number of benzene rings is 1. The SMILES string of the molecule is Cc1cnc(C)c(Oc2cccc3c2NCCC3)n1. The number of aromatic nitrogens is 2. The quantitative estimate of drug-likeness (QED) is 0.894. The zero-order valence-corrected chi connectivity index (χ0v) is 11.2. The molecule has 0 atom stereocenters. The maximum Gasteiger partial charge on any atom is 0.241 e. The highest BCUT2D eigenvalue weighted by Crippen LogP contribution is 2.35. The predicted octanol–water partition coefficient (Wildman–Crippen LogP) is 3.24. The monoisotopic (exact) mass is 255 g/mol. The summed E-state index contributed by atoms with van der Waals surface area (Å²) in [5.74, 6) is 1.42. The van der Waals surface area contributed by atoms with E-state index in [9.17, 15) is 0 Å². The lowest BCUT2D eigenvalue weighted by atomic mass is 10.0. The third-order valence-electron chi connectivity index (χ3n) is 3.28. The van der Waals surface area contributed by atoms with Crippen molar-refractivity contribution < 1.29 is 4.74 Å². The van der Waals surface area contributed by atoms with Gasteiger partial charge >= 0.3 is 0 Å². The molecule has 1 aliphatic rings. The predicted molar refractivity (Wildman–Crippen MR) is 74.8 cm³/mol. The largest absolute Gasteiger partial charge is 0.435 e. The Bertz CT molecular complexity index is 610. The summed E-state index contributed by atoms with van der Waals surface area (Å²) in [5.41, 5.74) is 4.07. The number of anilines is 1. The molecule has 0 spiro atoms. The number of rotatable bonds is 2. The van der Waals surface area contributed by atoms with Gasteiger partial charge in [-0.05, 0) is 38.3 Å². The first-order valence-corrected chi connectivity index (χ1v) is 6.58. The van der Waals surface area contributed by atoms with Crippen molar-refractivity contribution in [2.24, 2.45) is 0 Å². The van der Waals surface area contributed by atoms with Crippen LogP contribution >= 0.6 is 0 Å². The summed E-state index contributed by atoms with van der Waals surface area (Å²) in [4.78, 5) is 8.68. The van der Waals surface area contributed by atoms with Crippen molar-refractivity contribution in [3.05, 3.63) is 41.3 Å². The third kappa shape index (κ3) is 2.38. The van der Waals surface area contributed by atoms with Crippen molar-refractivity contribution >= 4 is 5.69 Å². The zero-order valence-electron chi connectivity index (χ0n) is 11.2. The fourth-order valence-electron chi connectivity index (χ4n) is 2.28. The van der Waals surface area contributed by atoms with Crippen LogP contribution in [0.3, 0.4) is 0 Å². The molecule has 0 amide bonds. The topological polar surface area (TPSA) is 47.0 Å². The molecule has 0 saturated carbocycles. The second-order valence-electron chi connectivity index (χ2n) is 4.82. The first-order valence-electron chi connectivity index (χ1n) is 6.58. The number of ether oxygens (including phenoxy) is 1. The van der Waals surface area contributed by atoms with Gasteiger partial charge in [-0.3, -0.25) is 4.98 Å². The van der Waals surface area contributed by atoms with Gasteiger partial charge in [-0.15, -0.1) is 0 Å². The minimum Gasteiger partial charge on any atom is -0.435 e. The Kier molecular flexibility index (Phi) is 3.07. The lowest BCUT2D eigenvalue weighted by molar-refractivity contribution is 0.454. The van der Waals surface area contributed by atoms with E-state index in [1.54, 1.807) is 6.20 Å². The van der Waals surface area contributed by atoms with Crippen molar-refractivity contribution in [3.63, 3.8) is 0 Å². The molecule has 98 valence electrons. The molecule has 0 bridgehead atoms. The van der Waals surface area contributed by atoms with Crippen LogP contribution in [0.1, 0.15) is 23.4 Å². The molecule has 4 heteroatoms. The number of nitrogens with zero attached hydrogens (tertiary/aromatic N) is 2. The molecule has 0 aliphatic carbocycles. The highest BCUT2D eigenvalue weighted by Gasteiger charge is 2.15. The maximum atomic E-state index is 5.95. The Morgan fingerprint density at radius 1 is 1.26 bits per heavy atom. The molecular weight excluding hydrogens is 238 g/mol. The fraction of sp³-hybridized carbons (Fsp3) is 0.333. The van der Waals surface area contributed by atoms with Gasteiger partial charge in [-0.1, -0.05) is 12.1 Å². The standard InChI is InChI=1S/C15H17N3O/c1-10-9-17-11(2)15(18-10)19-13-7-3-5-12-6-4-8-16-14(12)13/h3,5,7,9,16H,4,6,8H2,1-2H3. The van der Waals surface area contributed by atoms with Gasteiger partial charge in [0.25, 0.3) is 0 Å². The Morgan fingerprint density at radius 3 is 3.05 bits per heavy atom. The molecule has 4 nitrogen and oxygen atoms in total. The third-order valence-corrected chi connectivity index (χ3v) is 3.28. The van der Waals surface area contributed by atoms with E-state index in [1.165, 1.54) is 12.0 Å². The van der Waals surface area contributed by atoms with Crippen molar-refractivity contribution in [1.29, 1.82) is 0 Å². The summed E-state index contributed by atoms with van der Waals surface area (Å²) >= 11 is 0. The first kappa shape index (κ1) is 12.0. The molecule has 0 unspecified atom stereocenters. The van der Waals surface area contributed by atoms with Crippen LogP contribution in [0.5, 0.6) is 11.6 Å². The Morgan fingerprint density at radius 2 is 2.16 bits per heavy atom. The van der Waals surface area contributed by atoms with E-state index in [4.69, 9.17) is 4.74 Å². The molecule has 1 aliphatic heterocycles. The van der Waals surface area contributed by atoms with Crippen molar-refractivity contribution in [1.82, 2.24) is 9.97 Å². The first-order chi connectivity index (χ1) is 9.24. The lowest BCUT2D eigenvalue weighted by Gasteiger charge is -2.21. The number of hydrogen-bond acceptors (Lipinski definition) is 4. The van der Waals surface area contributed by atoms with Gasteiger partial charge in [-0.25, -0.2) is 4.98 Å². The average molecular weight is 255 g/mol. The van der Waals surface area contributed by atoms with Gasteiger partial charge in [-0.2, -0.15) is 0 Å². The van der Waals surface area contributed by atoms with Crippen LogP contribution in [-0.4, -0.2) is 16.5 Å². The van der Waals surface area contributed by atoms with E-state index in [0.29, 0.717) is 5.88 Å². The summed E-state index contributed by atoms with van der Waals surface area (Å²) in [6, 6.07) is 6.14. The smallest absolute Gasteiger partial charge is 0.241 e. The molecule has 0 radical (unpaired) electrons. The summed E-state index contributed by atoms with van der Waals surface area (Å²) in [6.07, 6.45) is 4.01. The van der Waals surface area contributed by atoms with Gasteiger partial charge in [0.1, 0.15) is 0 Å². The van der Waals surface area contributed by atoms with Crippen LogP contribution in [0.2, 0.25) is 0 Å². The average Bonchev–Trinajstić information content (AvgIpc) is 2.43. The van der Waals surface area contributed by atoms with E-state index in [0.717, 1.165) is 35.8 Å². The number of nitrogens with one attached hydrogen (secondary N) is 1. The molecule has 2 heterocycles. The number of para-hydroxylation sites is 1. The molecule has 1 aromatic heterocycles. The molecule has 0 saturated heterocycles. The minimum absolute atomic E-state index is 0.584. The molecule has 1 N–H and O–H groups in total. The number of hydrogen-bond donors (Lipinski definition) is 1. The molecule has 19 heavy (non-hydrogen) atoms. The van der Waals surface area contributed by atoms with Crippen molar-refractivity contribution in [2.45, 2.75) is 26.7 Å². The minimum atomic E-state index is 0.584. The number of aryl methyl sites for hydroxylation is 3. The fourth-order valence-corrected chi connectivity index (χ4v) is 2.28. The van der Waals surface area contributed by atoms with Crippen LogP contribution in [0.15, 0.2) is 24.4 Å². The summed E-state index contributed by atoms with van der Waals surface area (Å²) in [7, 11) is 0. The van der Waals surface area contributed by atoms with Crippen molar-refractivity contribution in [3.8, 4) is 11.6 Å². The van der Waals surface area contributed by atoms with E-state index >= 15 is 0 Å². The maximum absolute atomic E-state index is 5.95. The molecule has 2 aromatic rings. The van der Waals surface area contributed by atoms with E-state index in [2.05, 4.69) is 21.4 Å². The Hall–Kier alpha value is -2.10. The molecule has 3 rings (SSSR count). The molecule has 1 aromatic carbocycles. The molecule has 0 fully saturated rings. The van der Waals surface area contributed by atoms with E-state index < -0.39 is 0 Å². The highest BCUT2D eigenvalue weighted by atomic mass is 16.5. The van der Waals surface area contributed by atoms with Gasteiger partial charge in [0, 0.05) is 12.7 Å². The summed E-state index contributed by atoms with van der Waals surface area (Å²) in [6.45, 7) is 4.81. The summed E-state index contributed by atoms with van der Waals surface area (Å²) < 4.78 is 5.95.